The van der Waals surface area contributed by atoms with Gasteiger partial charge in [-0.3, -0.25) is 0 Å². The number of hydrogen-bond donors (Lipinski definition) is 2. The van der Waals surface area contributed by atoms with Gasteiger partial charge in [0.05, 0.1) is 12.2 Å². The number of benzene rings is 1. The zero-order valence-electron chi connectivity index (χ0n) is 11.0. The Morgan fingerprint density at radius 2 is 2.21 bits per heavy atom. The quantitative estimate of drug-likeness (QED) is 0.813. The van der Waals surface area contributed by atoms with Crippen LogP contribution in [0.5, 0.6) is 5.75 Å². The maximum Gasteiger partial charge on any atom is 0.208 e. The summed E-state index contributed by atoms with van der Waals surface area (Å²) in [5.41, 5.74) is 1.97. The topological polar surface area (TPSA) is 58.9 Å². The third kappa shape index (κ3) is 2.27. The Labute approximate surface area is 112 Å². The smallest absolute Gasteiger partial charge is 0.208 e. The monoisotopic (exact) mass is 262 g/mol. The van der Waals surface area contributed by atoms with Crippen molar-refractivity contribution in [3.63, 3.8) is 0 Å². The highest BCUT2D eigenvalue weighted by molar-refractivity contribution is 5.61. The van der Waals surface area contributed by atoms with Gasteiger partial charge in [0, 0.05) is 18.9 Å². The summed E-state index contributed by atoms with van der Waals surface area (Å²) < 4.78 is 11.5. The predicted octanol–water partition coefficient (Wildman–Crippen LogP) is 2.01. The van der Waals surface area contributed by atoms with Gasteiger partial charge in [0.15, 0.2) is 0 Å². The fourth-order valence-corrected chi connectivity index (χ4v) is 2.69. The minimum atomic E-state index is -1.25. The molecule has 4 heteroatoms. The van der Waals surface area contributed by atoms with Gasteiger partial charge in [-0.1, -0.05) is 24.3 Å². The molecule has 0 fully saturated rings. The number of hydrogen-bond acceptors (Lipinski definition) is 4. The summed E-state index contributed by atoms with van der Waals surface area (Å²) in [5, 5.41) is 19.9. The molecule has 2 heterocycles. The summed E-state index contributed by atoms with van der Waals surface area (Å²) in [5.74, 6) is -0.598. The van der Waals surface area contributed by atoms with E-state index in [-0.39, 0.29) is 12.2 Å². The van der Waals surface area contributed by atoms with E-state index in [1.807, 2.05) is 30.4 Å². The van der Waals surface area contributed by atoms with Crippen molar-refractivity contribution in [2.75, 3.05) is 0 Å². The first kappa shape index (κ1) is 12.7. The molecular formula is C15H18O4. The number of aliphatic hydroxyl groups excluding tert-OH is 1. The molecule has 0 saturated heterocycles. The Kier molecular flexibility index (Phi) is 2.89. The summed E-state index contributed by atoms with van der Waals surface area (Å²) in [6.45, 7) is 3.32. The largest absolute Gasteiger partial charge is 0.462 e. The van der Waals surface area contributed by atoms with Crippen molar-refractivity contribution >= 4 is 6.08 Å². The van der Waals surface area contributed by atoms with Crippen LogP contribution in [-0.4, -0.2) is 28.2 Å². The molecule has 0 unspecified atom stereocenters. The van der Waals surface area contributed by atoms with Gasteiger partial charge in [-0.2, -0.15) is 0 Å². The maximum atomic E-state index is 10.2. The molecule has 0 bridgehead atoms. The first-order valence-electron chi connectivity index (χ1n) is 6.52. The third-order valence-corrected chi connectivity index (χ3v) is 3.58. The first-order valence-corrected chi connectivity index (χ1v) is 6.52. The number of aliphatic hydroxyl groups is 2. The Hall–Kier alpha value is -1.36. The van der Waals surface area contributed by atoms with E-state index < -0.39 is 11.9 Å². The van der Waals surface area contributed by atoms with Crippen molar-refractivity contribution in [1.82, 2.24) is 0 Å². The van der Waals surface area contributed by atoms with Gasteiger partial charge in [-0.15, -0.1) is 0 Å². The summed E-state index contributed by atoms with van der Waals surface area (Å²) in [6, 6.07) is 5.71. The van der Waals surface area contributed by atoms with E-state index in [0.717, 1.165) is 11.1 Å². The Bertz CT molecular complexity index is 519. The zero-order valence-corrected chi connectivity index (χ0v) is 11.0. The molecule has 0 aromatic heterocycles. The molecule has 1 aromatic carbocycles. The Morgan fingerprint density at radius 3 is 2.95 bits per heavy atom. The summed E-state index contributed by atoms with van der Waals surface area (Å²) in [4.78, 5) is 0. The standard InChI is InChI=1S/C15H18O4/c1-9(16)11-7-6-10-4-3-5-12-14(10)13(18-11)8-15(2,17)19-12/h3-7,9,11,13,16-17H,8H2,1-2H3/t9-,11+,13+,15-/m1/s1. The second kappa shape index (κ2) is 4.34. The maximum absolute atomic E-state index is 10.2. The lowest BCUT2D eigenvalue weighted by molar-refractivity contribution is -0.177. The number of rotatable bonds is 1. The van der Waals surface area contributed by atoms with Crippen LogP contribution < -0.4 is 4.74 Å². The molecule has 102 valence electrons. The predicted molar refractivity (Wildman–Crippen MR) is 70.6 cm³/mol. The lowest BCUT2D eigenvalue weighted by Crippen LogP contribution is -2.39. The first-order chi connectivity index (χ1) is 8.96. The van der Waals surface area contributed by atoms with Crippen LogP contribution in [0.4, 0.5) is 0 Å². The second-order valence-electron chi connectivity index (χ2n) is 5.43. The fraction of sp³-hybridized carbons (Fsp3) is 0.467. The molecule has 2 aliphatic rings. The normalized spacial score (nSPS) is 34.1. The van der Waals surface area contributed by atoms with Crippen LogP contribution in [-0.2, 0) is 4.74 Å². The molecule has 4 atom stereocenters. The van der Waals surface area contributed by atoms with Gasteiger partial charge in [0.2, 0.25) is 5.79 Å². The van der Waals surface area contributed by atoms with Crippen LogP contribution in [0.3, 0.4) is 0 Å². The molecule has 0 spiro atoms. The van der Waals surface area contributed by atoms with Gasteiger partial charge in [-0.05, 0) is 18.6 Å². The molecule has 19 heavy (non-hydrogen) atoms. The van der Waals surface area contributed by atoms with Crippen molar-refractivity contribution in [1.29, 1.82) is 0 Å². The SMILES string of the molecule is C[C@@H](O)[C@@H]1C=Cc2cccc3c2[C@H](C[C@](C)(O)O3)O1. The van der Waals surface area contributed by atoms with Crippen molar-refractivity contribution < 1.29 is 19.7 Å². The average Bonchev–Trinajstić information content (AvgIpc) is 2.49. The van der Waals surface area contributed by atoms with E-state index >= 15 is 0 Å². The lowest BCUT2D eigenvalue weighted by Gasteiger charge is -2.37. The second-order valence-corrected chi connectivity index (χ2v) is 5.43. The fourth-order valence-electron chi connectivity index (χ4n) is 2.69. The molecule has 0 saturated carbocycles. The summed E-state index contributed by atoms with van der Waals surface area (Å²) in [6.07, 6.45) is 2.90. The minimum absolute atomic E-state index is 0.274. The van der Waals surface area contributed by atoms with E-state index in [2.05, 4.69) is 0 Å². The van der Waals surface area contributed by atoms with Gasteiger partial charge in [0.1, 0.15) is 11.9 Å². The van der Waals surface area contributed by atoms with Gasteiger partial charge in [0.25, 0.3) is 0 Å². The molecule has 3 rings (SSSR count). The highest BCUT2D eigenvalue weighted by atomic mass is 16.6. The van der Waals surface area contributed by atoms with E-state index in [0.29, 0.717) is 12.2 Å². The van der Waals surface area contributed by atoms with Crippen LogP contribution in [0.15, 0.2) is 24.3 Å². The van der Waals surface area contributed by atoms with E-state index in [1.54, 1.807) is 13.8 Å². The minimum Gasteiger partial charge on any atom is -0.462 e. The third-order valence-electron chi connectivity index (χ3n) is 3.58. The average molecular weight is 262 g/mol. The molecule has 2 aliphatic heterocycles. The highest BCUT2D eigenvalue weighted by Gasteiger charge is 2.39. The molecule has 0 aliphatic carbocycles. The van der Waals surface area contributed by atoms with E-state index in [4.69, 9.17) is 9.47 Å². The van der Waals surface area contributed by atoms with Crippen LogP contribution in [0, 0.1) is 0 Å². The van der Waals surface area contributed by atoms with Crippen LogP contribution >= 0.6 is 0 Å². The molecule has 1 aromatic rings. The van der Waals surface area contributed by atoms with Crippen molar-refractivity contribution in [2.45, 2.75) is 44.4 Å². The Morgan fingerprint density at radius 1 is 1.42 bits per heavy atom. The van der Waals surface area contributed by atoms with Gasteiger partial charge < -0.3 is 19.7 Å². The van der Waals surface area contributed by atoms with Crippen molar-refractivity contribution in [3.05, 3.63) is 35.4 Å². The highest BCUT2D eigenvalue weighted by Crippen LogP contribution is 2.44. The van der Waals surface area contributed by atoms with Crippen molar-refractivity contribution in [2.24, 2.45) is 0 Å². The van der Waals surface area contributed by atoms with Crippen LogP contribution in [0.25, 0.3) is 6.08 Å². The summed E-state index contributed by atoms with van der Waals surface area (Å²) in [7, 11) is 0. The van der Waals surface area contributed by atoms with Gasteiger partial charge in [-0.25, -0.2) is 0 Å². The molecular weight excluding hydrogens is 244 g/mol. The zero-order chi connectivity index (χ0) is 13.6. The van der Waals surface area contributed by atoms with Gasteiger partial charge >= 0.3 is 0 Å². The van der Waals surface area contributed by atoms with Crippen LogP contribution in [0.1, 0.15) is 37.5 Å². The molecule has 0 amide bonds. The lowest BCUT2D eigenvalue weighted by atomic mass is 9.93. The number of ether oxygens (including phenoxy) is 2. The van der Waals surface area contributed by atoms with Crippen LogP contribution in [0.2, 0.25) is 0 Å². The van der Waals surface area contributed by atoms with E-state index in [9.17, 15) is 10.2 Å². The van der Waals surface area contributed by atoms with Crippen molar-refractivity contribution in [3.8, 4) is 5.75 Å². The molecule has 0 radical (unpaired) electrons. The molecule has 4 nitrogen and oxygen atoms in total. The molecule has 2 N–H and O–H groups in total. The summed E-state index contributed by atoms with van der Waals surface area (Å²) >= 11 is 0. The Balaban J connectivity index is 2.07. The van der Waals surface area contributed by atoms with E-state index in [1.165, 1.54) is 0 Å².